The van der Waals surface area contributed by atoms with Gasteiger partial charge in [0.15, 0.2) is 0 Å². The SMILES string of the molecule is Cc1ccc(CCNc2cnn(-c3ccc([N+](=O)[O-])cc3)c(=O)c2Cl)cn1. The number of aromatic nitrogens is 3. The van der Waals surface area contributed by atoms with Gasteiger partial charge in [0.2, 0.25) is 0 Å². The molecule has 0 fully saturated rings. The number of benzene rings is 1. The number of nitrogens with zero attached hydrogens (tertiary/aromatic N) is 4. The number of hydrogen-bond donors (Lipinski definition) is 1. The van der Waals surface area contributed by atoms with E-state index >= 15 is 0 Å². The summed E-state index contributed by atoms with van der Waals surface area (Å²) in [5.74, 6) is 0. The molecule has 0 unspecified atom stereocenters. The van der Waals surface area contributed by atoms with Gasteiger partial charge in [0.1, 0.15) is 5.02 Å². The zero-order chi connectivity index (χ0) is 19.4. The van der Waals surface area contributed by atoms with Crippen LogP contribution < -0.4 is 10.9 Å². The van der Waals surface area contributed by atoms with Crippen molar-refractivity contribution in [3.8, 4) is 5.69 Å². The standard InChI is InChI=1S/C18H16ClN5O3/c1-12-2-3-13(10-21-12)8-9-20-16-11-22-23(18(25)17(16)19)14-4-6-15(7-5-14)24(26)27/h2-7,10-11,20H,8-9H2,1H3. The minimum atomic E-state index is -0.510. The van der Waals surface area contributed by atoms with E-state index in [0.717, 1.165) is 22.4 Å². The highest BCUT2D eigenvalue weighted by molar-refractivity contribution is 6.32. The van der Waals surface area contributed by atoms with Gasteiger partial charge in [-0.15, -0.1) is 0 Å². The molecule has 0 saturated carbocycles. The summed E-state index contributed by atoms with van der Waals surface area (Å²) in [6.07, 6.45) is 3.98. The summed E-state index contributed by atoms with van der Waals surface area (Å²) in [4.78, 5) is 26.9. The maximum absolute atomic E-state index is 12.5. The van der Waals surface area contributed by atoms with Gasteiger partial charge in [-0.3, -0.25) is 19.9 Å². The Balaban J connectivity index is 1.73. The highest BCUT2D eigenvalue weighted by Gasteiger charge is 2.12. The first kappa shape index (κ1) is 18.5. The Hall–Kier alpha value is -3.26. The van der Waals surface area contributed by atoms with Crippen molar-refractivity contribution < 1.29 is 4.92 Å². The lowest BCUT2D eigenvalue weighted by atomic mass is 10.2. The second-order valence-corrected chi connectivity index (χ2v) is 6.23. The lowest BCUT2D eigenvalue weighted by molar-refractivity contribution is -0.384. The zero-order valence-corrected chi connectivity index (χ0v) is 15.2. The Kier molecular flexibility index (Phi) is 5.46. The van der Waals surface area contributed by atoms with Gasteiger partial charge >= 0.3 is 0 Å². The van der Waals surface area contributed by atoms with Gasteiger partial charge in [0.05, 0.1) is 22.5 Å². The smallest absolute Gasteiger partial charge is 0.292 e. The van der Waals surface area contributed by atoms with Crippen molar-refractivity contribution >= 4 is 23.0 Å². The number of nitrogens with one attached hydrogen (secondary N) is 1. The minimum absolute atomic E-state index is 0.00499. The number of halogens is 1. The quantitative estimate of drug-likeness (QED) is 0.516. The molecule has 9 heteroatoms. The molecule has 2 aromatic heterocycles. The summed E-state index contributed by atoms with van der Waals surface area (Å²) in [6.45, 7) is 2.49. The van der Waals surface area contributed by atoms with Crippen molar-refractivity contribution in [1.82, 2.24) is 14.8 Å². The average molecular weight is 386 g/mol. The number of aryl methyl sites for hydroxylation is 1. The summed E-state index contributed by atoms with van der Waals surface area (Å²) >= 11 is 6.18. The second-order valence-electron chi connectivity index (χ2n) is 5.85. The van der Waals surface area contributed by atoms with Crippen LogP contribution in [0.3, 0.4) is 0 Å². The first-order valence-electron chi connectivity index (χ1n) is 8.14. The molecule has 8 nitrogen and oxygen atoms in total. The van der Waals surface area contributed by atoms with Gasteiger partial charge < -0.3 is 5.32 Å². The molecule has 3 aromatic rings. The van der Waals surface area contributed by atoms with E-state index in [0.29, 0.717) is 17.9 Å². The molecule has 138 valence electrons. The first-order chi connectivity index (χ1) is 13.0. The molecule has 0 atom stereocenters. The fourth-order valence-electron chi connectivity index (χ4n) is 2.44. The highest BCUT2D eigenvalue weighted by Crippen LogP contribution is 2.18. The van der Waals surface area contributed by atoms with Gasteiger partial charge in [-0.2, -0.15) is 9.78 Å². The summed E-state index contributed by atoms with van der Waals surface area (Å²) in [5, 5.41) is 17.9. The number of pyridine rings is 1. The summed E-state index contributed by atoms with van der Waals surface area (Å²) in [6, 6.07) is 9.44. The number of rotatable bonds is 6. The predicted octanol–water partition coefficient (Wildman–Crippen LogP) is 3.15. The van der Waals surface area contributed by atoms with Gasteiger partial charge in [-0.25, -0.2) is 0 Å². The van der Waals surface area contributed by atoms with Crippen molar-refractivity contribution in [2.45, 2.75) is 13.3 Å². The summed E-state index contributed by atoms with van der Waals surface area (Å²) < 4.78 is 1.10. The summed E-state index contributed by atoms with van der Waals surface area (Å²) in [5.41, 5.74) is 2.27. The lowest BCUT2D eigenvalue weighted by Crippen LogP contribution is -2.23. The van der Waals surface area contributed by atoms with E-state index in [1.807, 2.05) is 25.3 Å². The number of non-ortho nitro benzene ring substituents is 1. The maximum Gasteiger partial charge on any atom is 0.292 e. The van der Waals surface area contributed by atoms with Crippen LogP contribution >= 0.6 is 11.6 Å². The third kappa shape index (κ3) is 4.29. The Bertz CT molecular complexity index is 1020. The molecule has 27 heavy (non-hydrogen) atoms. The largest absolute Gasteiger partial charge is 0.382 e. The normalized spacial score (nSPS) is 10.6. The van der Waals surface area contributed by atoms with E-state index in [9.17, 15) is 14.9 Å². The summed E-state index contributed by atoms with van der Waals surface area (Å²) in [7, 11) is 0. The third-order valence-electron chi connectivity index (χ3n) is 3.93. The van der Waals surface area contributed by atoms with Crippen LogP contribution in [0, 0.1) is 17.0 Å². The van der Waals surface area contributed by atoms with E-state index in [1.54, 1.807) is 0 Å². The van der Waals surface area contributed by atoms with E-state index in [4.69, 9.17) is 11.6 Å². The molecule has 1 aromatic carbocycles. The number of hydrogen-bond acceptors (Lipinski definition) is 6. The topological polar surface area (TPSA) is 103 Å². The molecular formula is C18H16ClN5O3. The van der Waals surface area contributed by atoms with E-state index < -0.39 is 10.5 Å². The van der Waals surface area contributed by atoms with Crippen LogP contribution in [-0.4, -0.2) is 26.2 Å². The van der Waals surface area contributed by atoms with Crippen LogP contribution in [0.25, 0.3) is 5.69 Å². The average Bonchev–Trinajstić information content (AvgIpc) is 2.67. The van der Waals surface area contributed by atoms with Crippen LogP contribution in [-0.2, 0) is 6.42 Å². The van der Waals surface area contributed by atoms with E-state index in [1.165, 1.54) is 30.5 Å². The van der Waals surface area contributed by atoms with Crippen molar-refractivity contribution in [3.05, 3.63) is 85.5 Å². The third-order valence-corrected chi connectivity index (χ3v) is 4.29. The number of anilines is 1. The Morgan fingerprint density at radius 1 is 1.19 bits per heavy atom. The molecule has 0 amide bonds. The monoisotopic (exact) mass is 385 g/mol. The van der Waals surface area contributed by atoms with Crippen molar-refractivity contribution in [3.63, 3.8) is 0 Å². The fourth-order valence-corrected chi connectivity index (χ4v) is 2.64. The van der Waals surface area contributed by atoms with Gasteiger partial charge in [0.25, 0.3) is 11.2 Å². The number of nitro groups is 1. The van der Waals surface area contributed by atoms with Crippen LogP contribution in [0.1, 0.15) is 11.3 Å². The molecule has 0 aliphatic heterocycles. The molecule has 0 saturated heterocycles. The minimum Gasteiger partial charge on any atom is -0.382 e. The number of nitro benzene ring substituents is 1. The van der Waals surface area contributed by atoms with Crippen LogP contribution in [0.2, 0.25) is 5.02 Å². The molecular weight excluding hydrogens is 370 g/mol. The maximum atomic E-state index is 12.5. The van der Waals surface area contributed by atoms with Gasteiger partial charge in [0, 0.05) is 30.6 Å². The van der Waals surface area contributed by atoms with Crippen molar-refractivity contribution in [2.75, 3.05) is 11.9 Å². The molecule has 3 rings (SSSR count). The Labute approximate surface area is 159 Å². The molecule has 0 radical (unpaired) electrons. The van der Waals surface area contributed by atoms with Crippen LogP contribution in [0.5, 0.6) is 0 Å². The van der Waals surface area contributed by atoms with Crippen molar-refractivity contribution in [2.24, 2.45) is 0 Å². The van der Waals surface area contributed by atoms with Crippen LogP contribution in [0.15, 0.2) is 53.6 Å². The zero-order valence-electron chi connectivity index (χ0n) is 14.4. The first-order valence-corrected chi connectivity index (χ1v) is 8.51. The lowest BCUT2D eigenvalue weighted by Gasteiger charge is -2.10. The van der Waals surface area contributed by atoms with E-state index in [-0.39, 0.29) is 10.7 Å². The Morgan fingerprint density at radius 3 is 2.56 bits per heavy atom. The molecule has 2 heterocycles. The molecule has 1 N–H and O–H groups in total. The van der Waals surface area contributed by atoms with Crippen LogP contribution in [0.4, 0.5) is 11.4 Å². The van der Waals surface area contributed by atoms with Crippen molar-refractivity contribution in [1.29, 1.82) is 0 Å². The molecule has 0 spiro atoms. The molecule has 0 aliphatic rings. The van der Waals surface area contributed by atoms with E-state index in [2.05, 4.69) is 15.4 Å². The molecule has 0 bridgehead atoms. The fraction of sp³-hybridized carbons (Fsp3) is 0.167. The Morgan fingerprint density at radius 2 is 1.93 bits per heavy atom. The van der Waals surface area contributed by atoms with Gasteiger partial charge in [-0.1, -0.05) is 17.7 Å². The predicted molar refractivity (Wildman–Crippen MR) is 103 cm³/mol. The highest BCUT2D eigenvalue weighted by atomic mass is 35.5. The second kappa shape index (κ2) is 7.96. The van der Waals surface area contributed by atoms with Gasteiger partial charge in [-0.05, 0) is 37.1 Å². The molecule has 0 aliphatic carbocycles.